The lowest BCUT2D eigenvalue weighted by molar-refractivity contribution is -0.0475. The number of hydrogen-bond donors (Lipinski definition) is 5. The maximum absolute atomic E-state index is 16.0. The molecule has 3 aliphatic rings. The van der Waals surface area contributed by atoms with Gasteiger partial charge in [-0.15, -0.1) is 16.9 Å². The van der Waals surface area contributed by atoms with Crippen LogP contribution in [0.5, 0.6) is 0 Å². The summed E-state index contributed by atoms with van der Waals surface area (Å²) in [5.74, 6) is -0.245. The lowest BCUT2D eigenvalue weighted by Crippen LogP contribution is -2.33. The summed E-state index contributed by atoms with van der Waals surface area (Å²) in [4.78, 5) is 30.6. The Hall–Kier alpha value is -2.40. The molecule has 7 rings (SSSR count). The predicted octanol–water partition coefficient (Wildman–Crippen LogP) is 1.60. The summed E-state index contributed by atoms with van der Waals surface area (Å²) in [5, 5.41) is 5.52. The van der Waals surface area contributed by atoms with Crippen molar-refractivity contribution >= 4 is 83.9 Å². The van der Waals surface area contributed by atoms with Gasteiger partial charge < -0.3 is 16.2 Å². The lowest BCUT2D eigenvalue weighted by Gasteiger charge is -2.26. The molecule has 3 fully saturated rings. The minimum atomic E-state index is -4.45. The molecule has 10 atom stereocenters. The number of nitrogen functional groups attached to an aromatic ring is 2. The van der Waals surface area contributed by atoms with Crippen LogP contribution < -0.4 is 17.0 Å². The molecule has 4 aromatic rings. The van der Waals surface area contributed by atoms with Gasteiger partial charge in [0.2, 0.25) is 5.95 Å². The number of nitrogens with two attached hydrogens (primary N) is 2. The Morgan fingerprint density at radius 3 is 2.51 bits per heavy atom. The van der Waals surface area contributed by atoms with Crippen LogP contribution in [0.3, 0.4) is 0 Å². The zero-order valence-corrected chi connectivity index (χ0v) is 26.5. The Labute approximate surface area is 263 Å². The van der Waals surface area contributed by atoms with Gasteiger partial charge in [-0.05, 0) is 0 Å². The van der Waals surface area contributed by atoms with E-state index in [4.69, 9.17) is 34.3 Å². The number of nitrogens with one attached hydrogen (secondary N) is 1. The molecular weight excluding hydrogens is 706 g/mol. The normalized spacial score (nSPS) is 37.7. The monoisotopic (exact) mass is 727 g/mol. The fraction of sp³-hybridized carbons (Fsp3) is 0.526. The summed E-state index contributed by atoms with van der Waals surface area (Å²) in [5.41, 5.74) is 10.8. The second-order valence-corrected chi connectivity index (χ2v) is 17.0. The topological polar surface area (TPSA) is 252 Å². The number of hydrogen-bond acceptors (Lipinski definition) is 17. The van der Waals surface area contributed by atoms with Gasteiger partial charge in [-0.25, -0.2) is 32.9 Å². The number of thioether (sulfide) groups is 1. The van der Waals surface area contributed by atoms with Crippen LogP contribution in [0.2, 0.25) is 0 Å². The summed E-state index contributed by atoms with van der Waals surface area (Å²) in [6.07, 6.45) is -7.93. The molecule has 7 heterocycles. The SMILES string of the molecule is Nc1nc2c(ncn2[C@@H]2S[C@@H]3COP(=O)(S)O[C@H]4[C@H](F)[C@H](n5nnc6c(N)ncnc65)O[C@@H]4COP(=O)(S)O[C@@H]2[C@H]3F)c(=O)[nH]1. The maximum atomic E-state index is 16.0. The molecule has 242 valence electrons. The molecule has 4 aromatic heterocycles. The van der Waals surface area contributed by atoms with E-state index in [1.165, 1.54) is 10.9 Å². The van der Waals surface area contributed by atoms with Crippen molar-refractivity contribution in [3.63, 3.8) is 0 Å². The number of aromatic amines is 1. The fourth-order valence-electron chi connectivity index (χ4n) is 5.10. The first-order chi connectivity index (χ1) is 21.3. The van der Waals surface area contributed by atoms with Crippen LogP contribution in [0.25, 0.3) is 22.3 Å². The van der Waals surface area contributed by atoms with E-state index in [2.05, 4.69) is 59.7 Å². The number of alkyl halides is 2. The Bertz CT molecular complexity index is 1950. The van der Waals surface area contributed by atoms with E-state index in [9.17, 15) is 13.9 Å². The largest absolute Gasteiger partial charge is 0.386 e. The number of imidazole rings is 1. The third-order valence-corrected chi connectivity index (χ3v) is 11.8. The average Bonchev–Trinajstić information content (AvgIpc) is 3.72. The van der Waals surface area contributed by atoms with E-state index >= 15 is 8.78 Å². The molecule has 0 amide bonds. The van der Waals surface area contributed by atoms with Crippen molar-refractivity contribution in [2.24, 2.45) is 0 Å². The molecule has 2 bridgehead atoms. The Morgan fingerprint density at radius 2 is 1.73 bits per heavy atom. The smallest absolute Gasteiger partial charge is 0.382 e. The van der Waals surface area contributed by atoms with Crippen LogP contribution >= 0.6 is 49.9 Å². The first-order valence-electron chi connectivity index (χ1n) is 12.8. The highest BCUT2D eigenvalue weighted by Crippen LogP contribution is 2.62. The molecule has 26 heteroatoms. The zero-order chi connectivity index (χ0) is 31.8. The van der Waals surface area contributed by atoms with Gasteiger partial charge in [0, 0.05) is 0 Å². The second kappa shape index (κ2) is 11.4. The molecule has 19 nitrogen and oxygen atoms in total. The highest BCUT2D eigenvalue weighted by Gasteiger charge is 2.54. The van der Waals surface area contributed by atoms with Crippen LogP contribution in [0.4, 0.5) is 20.5 Å². The van der Waals surface area contributed by atoms with Gasteiger partial charge in [-0.2, -0.15) is 9.67 Å². The van der Waals surface area contributed by atoms with Crippen LogP contribution in [0.15, 0.2) is 17.4 Å². The van der Waals surface area contributed by atoms with Gasteiger partial charge in [0.05, 0.1) is 24.8 Å². The van der Waals surface area contributed by atoms with Crippen molar-refractivity contribution in [2.75, 3.05) is 24.7 Å². The highest BCUT2D eigenvalue weighted by atomic mass is 32.7. The van der Waals surface area contributed by atoms with Crippen molar-refractivity contribution in [3.8, 4) is 0 Å². The van der Waals surface area contributed by atoms with Gasteiger partial charge in [0.1, 0.15) is 36.2 Å². The number of ether oxygens (including phenoxy) is 1. The van der Waals surface area contributed by atoms with Gasteiger partial charge >= 0.3 is 13.6 Å². The van der Waals surface area contributed by atoms with Crippen molar-refractivity contribution < 1.29 is 40.7 Å². The van der Waals surface area contributed by atoms with Crippen molar-refractivity contribution in [1.82, 2.24) is 44.5 Å². The lowest BCUT2D eigenvalue weighted by atomic mass is 10.1. The first kappa shape index (κ1) is 31.2. The number of nitrogens with zero attached hydrogens (tertiary/aromatic N) is 8. The fourth-order valence-corrected chi connectivity index (χ4v) is 9.70. The van der Waals surface area contributed by atoms with Crippen LogP contribution in [-0.2, 0) is 32.0 Å². The molecule has 0 spiro atoms. The van der Waals surface area contributed by atoms with E-state index < -0.39 is 79.9 Å². The number of anilines is 2. The second-order valence-electron chi connectivity index (χ2n) is 9.93. The minimum absolute atomic E-state index is 0.00904. The highest BCUT2D eigenvalue weighted by molar-refractivity contribution is 8.44. The van der Waals surface area contributed by atoms with E-state index in [1.807, 2.05) is 0 Å². The molecule has 45 heavy (non-hydrogen) atoms. The molecule has 0 saturated carbocycles. The summed E-state index contributed by atoms with van der Waals surface area (Å²) >= 11 is 8.91. The van der Waals surface area contributed by atoms with Gasteiger partial charge in [0.15, 0.2) is 40.5 Å². The minimum Gasteiger partial charge on any atom is -0.382 e. The number of fused-ring (bicyclic) bond motifs is 5. The average molecular weight is 728 g/mol. The first-order valence-corrected chi connectivity index (χ1v) is 19.1. The Kier molecular flexibility index (Phi) is 7.90. The molecule has 0 aliphatic carbocycles. The van der Waals surface area contributed by atoms with Crippen molar-refractivity contribution in [2.45, 2.75) is 47.5 Å². The third kappa shape index (κ3) is 5.63. The summed E-state index contributed by atoms with van der Waals surface area (Å²) in [7, 11) is 0. The molecule has 0 aromatic carbocycles. The van der Waals surface area contributed by atoms with Gasteiger partial charge in [0.25, 0.3) is 5.56 Å². The summed E-state index contributed by atoms with van der Waals surface area (Å²) in [6, 6.07) is 0. The molecular formula is C19H21F2N11O8P2S3. The number of H-pyrrole nitrogens is 1. The van der Waals surface area contributed by atoms with E-state index in [0.717, 1.165) is 22.8 Å². The van der Waals surface area contributed by atoms with Crippen LogP contribution in [-0.4, -0.2) is 93.6 Å². The van der Waals surface area contributed by atoms with Crippen molar-refractivity contribution in [3.05, 3.63) is 23.0 Å². The van der Waals surface area contributed by atoms with Gasteiger partial charge in [-0.1, -0.05) is 29.7 Å². The van der Waals surface area contributed by atoms with Crippen molar-refractivity contribution in [1.29, 1.82) is 0 Å². The maximum Gasteiger partial charge on any atom is 0.386 e. The predicted molar refractivity (Wildman–Crippen MR) is 159 cm³/mol. The number of aromatic nitrogens is 9. The quantitative estimate of drug-likeness (QED) is 0.145. The Balaban J connectivity index is 1.21. The molecule has 5 N–H and O–H groups in total. The molecule has 3 aliphatic heterocycles. The summed E-state index contributed by atoms with van der Waals surface area (Å²) < 4.78 is 88.7. The molecule has 0 radical (unpaired) electrons. The third-order valence-electron chi connectivity index (χ3n) is 7.10. The Morgan fingerprint density at radius 1 is 1.00 bits per heavy atom. The van der Waals surface area contributed by atoms with E-state index in [1.54, 1.807) is 0 Å². The zero-order valence-electron chi connectivity index (χ0n) is 22.1. The number of rotatable bonds is 2. The number of thiol groups is 2. The molecule has 3 saturated heterocycles. The number of halogens is 2. The van der Waals surface area contributed by atoms with E-state index in [0.29, 0.717) is 0 Å². The van der Waals surface area contributed by atoms with Crippen LogP contribution in [0, 0.1) is 0 Å². The molecule has 2 unspecified atom stereocenters. The van der Waals surface area contributed by atoms with Gasteiger partial charge in [-0.3, -0.25) is 32.4 Å². The van der Waals surface area contributed by atoms with Crippen LogP contribution in [0.1, 0.15) is 11.6 Å². The van der Waals surface area contributed by atoms with E-state index in [-0.39, 0.29) is 34.1 Å². The standard InChI is InChI=1S/C19H21F2N11O8P2S3/c20-7-6-2-37-42(35,44)39-11-5(38-17(8(11)21)32-14-9(29-30-32)13(22)24-3-25-14)1-36-41(34,43)40-12(7)18(45-6)31-4-26-10-15(31)27-19(23)28-16(10)33/h3-8,11-12,17-18H,1-2H2,(H,34,43)(H,35,44)(H2,22,24,25)(H3,23,27,28,33)/t5-,6-,7+,8+,11-,12-,17-,18-,41?,42?/m1/s1. The summed E-state index contributed by atoms with van der Waals surface area (Å²) in [6.45, 7) is -10.1.